The van der Waals surface area contributed by atoms with Crippen molar-refractivity contribution in [2.45, 2.75) is 13.8 Å². The number of carbonyl (C=O) groups is 1. The summed E-state index contributed by atoms with van der Waals surface area (Å²) in [4.78, 5) is 16.8. The summed E-state index contributed by atoms with van der Waals surface area (Å²) in [5.74, 6) is 2.43. The van der Waals surface area contributed by atoms with E-state index in [0.29, 0.717) is 28.6 Å². The Hall–Kier alpha value is -3.28. The lowest BCUT2D eigenvalue weighted by Crippen LogP contribution is -2.11. The molecular weight excluding hydrogens is 320 g/mol. The third-order valence-electron chi connectivity index (χ3n) is 3.95. The van der Waals surface area contributed by atoms with Crippen molar-refractivity contribution in [1.29, 1.82) is 0 Å². The second kappa shape index (κ2) is 5.98. The molecule has 0 aliphatic carbocycles. The van der Waals surface area contributed by atoms with Gasteiger partial charge in [0.05, 0.1) is 0 Å². The molecule has 6 nitrogen and oxygen atoms in total. The van der Waals surface area contributed by atoms with Crippen molar-refractivity contribution in [3.05, 3.63) is 59.7 Å². The van der Waals surface area contributed by atoms with Crippen molar-refractivity contribution in [2.24, 2.45) is 0 Å². The molecule has 0 saturated carbocycles. The van der Waals surface area contributed by atoms with Gasteiger partial charge in [0.2, 0.25) is 6.79 Å². The van der Waals surface area contributed by atoms with E-state index < -0.39 is 0 Å². The highest BCUT2D eigenvalue weighted by atomic mass is 16.7. The Morgan fingerprint density at radius 1 is 1.04 bits per heavy atom. The van der Waals surface area contributed by atoms with Gasteiger partial charge in [-0.05, 0) is 37.3 Å². The van der Waals surface area contributed by atoms with E-state index in [1.807, 2.05) is 38.1 Å². The van der Waals surface area contributed by atoms with Crippen molar-refractivity contribution in [3.63, 3.8) is 0 Å². The zero-order valence-electron chi connectivity index (χ0n) is 13.8. The van der Waals surface area contributed by atoms with Crippen LogP contribution in [0.5, 0.6) is 11.5 Å². The number of anilines is 1. The number of aryl methyl sites for hydroxylation is 2. The summed E-state index contributed by atoms with van der Waals surface area (Å²) in [6, 6.07) is 12.6. The maximum absolute atomic E-state index is 12.4. The number of aromatic nitrogens is 1. The number of carbonyl (C=O) groups excluding carboxylic acids is 1. The molecule has 3 aromatic rings. The zero-order chi connectivity index (χ0) is 17.4. The molecule has 126 valence electrons. The molecule has 0 unspecified atom stereocenters. The average molecular weight is 336 g/mol. The predicted molar refractivity (Wildman–Crippen MR) is 91.9 cm³/mol. The van der Waals surface area contributed by atoms with Crippen LogP contribution >= 0.6 is 0 Å². The molecule has 1 aliphatic rings. The lowest BCUT2D eigenvalue weighted by molar-refractivity contribution is 0.102. The molecular formula is C19H16N2O4. The molecule has 0 spiro atoms. The minimum atomic E-state index is -0.209. The first-order valence-corrected chi connectivity index (χ1v) is 7.85. The van der Waals surface area contributed by atoms with E-state index in [1.165, 1.54) is 0 Å². The van der Waals surface area contributed by atoms with Gasteiger partial charge in [0.25, 0.3) is 5.91 Å². The van der Waals surface area contributed by atoms with E-state index in [2.05, 4.69) is 10.3 Å². The number of nitrogens with zero attached hydrogens (tertiary/aromatic N) is 1. The van der Waals surface area contributed by atoms with Crippen LogP contribution in [0.25, 0.3) is 11.3 Å². The Kier molecular flexibility index (Phi) is 3.65. The maximum Gasteiger partial charge on any atom is 0.255 e. The first kappa shape index (κ1) is 15.3. The fraction of sp³-hybridized carbons (Fsp3) is 0.158. The Labute approximate surface area is 144 Å². The van der Waals surface area contributed by atoms with E-state index in [-0.39, 0.29) is 12.7 Å². The molecule has 2 aromatic carbocycles. The summed E-state index contributed by atoms with van der Waals surface area (Å²) in [6.07, 6.45) is 0. The first-order valence-electron chi connectivity index (χ1n) is 7.85. The molecule has 1 aliphatic heterocycles. The molecule has 1 aromatic heterocycles. The highest BCUT2D eigenvalue weighted by molar-refractivity contribution is 6.04. The van der Waals surface area contributed by atoms with E-state index >= 15 is 0 Å². The van der Waals surface area contributed by atoms with E-state index in [4.69, 9.17) is 13.9 Å². The Morgan fingerprint density at radius 2 is 1.80 bits per heavy atom. The fourth-order valence-corrected chi connectivity index (χ4v) is 2.75. The quantitative estimate of drug-likeness (QED) is 0.784. The van der Waals surface area contributed by atoms with Gasteiger partial charge in [-0.3, -0.25) is 4.79 Å². The number of benzene rings is 2. The van der Waals surface area contributed by atoms with Gasteiger partial charge in [0.15, 0.2) is 17.4 Å². The zero-order valence-corrected chi connectivity index (χ0v) is 13.8. The number of ether oxygens (including phenoxy) is 2. The summed E-state index contributed by atoms with van der Waals surface area (Å²) in [7, 11) is 0. The van der Waals surface area contributed by atoms with Gasteiger partial charge in [0.1, 0.15) is 11.5 Å². The van der Waals surface area contributed by atoms with Crippen molar-refractivity contribution in [1.82, 2.24) is 4.98 Å². The van der Waals surface area contributed by atoms with E-state index in [1.54, 1.807) is 18.2 Å². The summed E-state index contributed by atoms with van der Waals surface area (Å²) in [5.41, 5.74) is 2.96. The topological polar surface area (TPSA) is 73.6 Å². The van der Waals surface area contributed by atoms with Gasteiger partial charge >= 0.3 is 0 Å². The van der Waals surface area contributed by atoms with Crippen LogP contribution in [0, 0.1) is 13.8 Å². The summed E-state index contributed by atoms with van der Waals surface area (Å²) >= 11 is 0. The van der Waals surface area contributed by atoms with Crippen molar-refractivity contribution < 1.29 is 18.7 Å². The van der Waals surface area contributed by atoms with E-state index in [0.717, 1.165) is 17.0 Å². The molecule has 6 heteroatoms. The van der Waals surface area contributed by atoms with Gasteiger partial charge in [-0.2, -0.15) is 0 Å². The average Bonchev–Trinajstić information content (AvgIpc) is 3.20. The Bertz CT molecular complexity index is 945. The lowest BCUT2D eigenvalue weighted by Gasteiger charge is -2.07. The Balaban J connectivity index is 1.51. The minimum absolute atomic E-state index is 0.183. The van der Waals surface area contributed by atoms with Gasteiger partial charge in [-0.1, -0.05) is 12.1 Å². The fourth-order valence-electron chi connectivity index (χ4n) is 2.75. The molecule has 0 saturated heterocycles. The van der Waals surface area contributed by atoms with Crippen LogP contribution in [0.2, 0.25) is 0 Å². The largest absolute Gasteiger partial charge is 0.454 e. The predicted octanol–water partition coefficient (Wildman–Crippen LogP) is 3.94. The van der Waals surface area contributed by atoms with Crippen LogP contribution < -0.4 is 14.8 Å². The highest BCUT2D eigenvalue weighted by Crippen LogP contribution is 2.32. The standard InChI is InChI=1S/C19H16N2O4/c1-11-18(20-12(2)25-11)13-3-6-15(7-4-13)21-19(22)14-5-8-16-17(9-14)24-10-23-16/h3-9H,10H2,1-2H3,(H,21,22). The van der Waals surface area contributed by atoms with Gasteiger partial charge in [-0.25, -0.2) is 4.98 Å². The molecule has 4 rings (SSSR count). The molecule has 2 heterocycles. The van der Waals surface area contributed by atoms with Gasteiger partial charge in [0, 0.05) is 23.7 Å². The third-order valence-corrected chi connectivity index (χ3v) is 3.95. The smallest absolute Gasteiger partial charge is 0.255 e. The lowest BCUT2D eigenvalue weighted by atomic mass is 10.1. The van der Waals surface area contributed by atoms with Gasteiger partial charge < -0.3 is 19.2 Å². The molecule has 25 heavy (non-hydrogen) atoms. The number of rotatable bonds is 3. The SMILES string of the molecule is Cc1nc(-c2ccc(NC(=O)c3ccc4c(c3)OCO4)cc2)c(C)o1. The number of hydrogen-bond acceptors (Lipinski definition) is 5. The number of oxazole rings is 1. The number of hydrogen-bond donors (Lipinski definition) is 1. The number of nitrogens with one attached hydrogen (secondary N) is 1. The molecule has 1 N–H and O–H groups in total. The first-order chi connectivity index (χ1) is 12.1. The normalized spacial score (nSPS) is 12.2. The highest BCUT2D eigenvalue weighted by Gasteiger charge is 2.16. The third kappa shape index (κ3) is 2.94. The minimum Gasteiger partial charge on any atom is -0.454 e. The van der Waals surface area contributed by atoms with Crippen LogP contribution in [0.15, 0.2) is 46.9 Å². The monoisotopic (exact) mass is 336 g/mol. The molecule has 0 fully saturated rings. The molecule has 1 amide bonds. The molecule has 0 atom stereocenters. The maximum atomic E-state index is 12.4. The molecule has 0 bridgehead atoms. The van der Waals surface area contributed by atoms with Crippen LogP contribution in [0.3, 0.4) is 0 Å². The van der Waals surface area contributed by atoms with Gasteiger partial charge in [-0.15, -0.1) is 0 Å². The van der Waals surface area contributed by atoms with Crippen molar-refractivity contribution in [2.75, 3.05) is 12.1 Å². The van der Waals surface area contributed by atoms with Crippen molar-refractivity contribution >= 4 is 11.6 Å². The van der Waals surface area contributed by atoms with Crippen LogP contribution in [-0.2, 0) is 0 Å². The Morgan fingerprint density at radius 3 is 2.52 bits per heavy atom. The van der Waals surface area contributed by atoms with E-state index in [9.17, 15) is 4.79 Å². The van der Waals surface area contributed by atoms with Crippen LogP contribution in [-0.4, -0.2) is 17.7 Å². The second-order valence-corrected chi connectivity index (χ2v) is 5.74. The van der Waals surface area contributed by atoms with Crippen molar-refractivity contribution in [3.8, 4) is 22.8 Å². The summed E-state index contributed by atoms with van der Waals surface area (Å²) < 4.78 is 16.0. The molecule has 0 radical (unpaired) electrons. The number of fused-ring (bicyclic) bond motifs is 1. The summed E-state index contributed by atoms with van der Waals surface area (Å²) in [5, 5.41) is 2.87. The second-order valence-electron chi connectivity index (χ2n) is 5.74. The van der Waals surface area contributed by atoms with Crippen LogP contribution in [0.1, 0.15) is 22.0 Å². The van der Waals surface area contributed by atoms with Crippen LogP contribution in [0.4, 0.5) is 5.69 Å². The summed E-state index contributed by atoms with van der Waals surface area (Å²) in [6.45, 7) is 3.88. The number of amides is 1.